The number of carbonyl (C=O) groups excluding carboxylic acids is 2. The number of halogens is 5. The van der Waals surface area contributed by atoms with Crippen molar-refractivity contribution in [1.82, 2.24) is 19.4 Å². The summed E-state index contributed by atoms with van der Waals surface area (Å²) in [4.78, 5) is 52.2. The minimum atomic E-state index is -4.59. The van der Waals surface area contributed by atoms with Gasteiger partial charge in [-0.3, -0.25) is 9.59 Å². The lowest BCUT2D eigenvalue weighted by Crippen LogP contribution is -2.51. The minimum Gasteiger partial charge on any atom is -0.444 e. The summed E-state index contributed by atoms with van der Waals surface area (Å²) in [6.45, 7) is 9.86. The van der Waals surface area contributed by atoms with Crippen molar-refractivity contribution in [3.8, 4) is 0 Å². The molecule has 0 unspecified atom stereocenters. The van der Waals surface area contributed by atoms with Gasteiger partial charge in [0.1, 0.15) is 22.4 Å². The smallest absolute Gasteiger partial charge is 0.416 e. The molecule has 0 aliphatic carbocycles. The van der Waals surface area contributed by atoms with Gasteiger partial charge in [-0.15, -0.1) is 0 Å². The predicted molar refractivity (Wildman–Crippen MR) is 161 cm³/mol. The number of piperazine rings is 1. The fourth-order valence-corrected chi connectivity index (χ4v) is 5.24. The van der Waals surface area contributed by atoms with Crippen LogP contribution in [0.5, 0.6) is 0 Å². The van der Waals surface area contributed by atoms with Gasteiger partial charge in [-0.2, -0.15) is 13.2 Å². The summed E-state index contributed by atoms with van der Waals surface area (Å²) < 4.78 is 46.7. The SMILES string of the molecule is CCc1c(N2CCN(C(=O)OC(C)(C)C)CC2)c(=O)c2nc(Br)c(C)nc2n1CC(=O)Nc1ccc(C(F)(F)F)cc1Cl. The van der Waals surface area contributed by atoms with Gasteiger partial charge in [-0.1, -0.05) is 18.5 Å². The number of hydrogen-bond acceptors (Lipinski definition) is 7. The van der Waals surface area contributed by atoms with Crippen molar-refractivity contribution in [3.63, 3.8) is 0 Å². The van der Waals surface area contributed by atoms with Crippen molar-refractivity contribution in [2.75, 3.05) is 36.4 Å². The van der Waals surface area contributed by atoms with E-state index in [1.165, 1.54) is 0 Å². The van der Waals surface area contributed by atoms with E-state index in [2.05, 4.69) is 31.2 Å². The number of fused-ring (bicyclic) bond motifs is 1. The van der Waals surface area contributed by atoms with E-state index in [9.17, 15) is 27.6 Å². The fraction of sp³-hybridized carbons (Fsp3) is 0.464. The van der Waals surface area contributed by atoms with Gasteiger partial charge < -0.3 is 24.4 Å². The quantitative estimate of drug-likeness (QED) is 0.362. The van der Waals surface area contributed by atoms with Gasteiger partial charge in [-0.05, 0) is 68.2 Å². The van der Waals surface area contributed by atoms with Crippen molar-refractivity contribution in [2.24, 2.45) is 0 Å². The Labute approximate surface area is 259 Å². The van der Waals surface area contributed by atoms with Crippen molar-refractivity contribution >= 4 is 62.1 Å². The van der Waals surface area contributed by atoms with Crippen molar-refractivity contribution in [3.05, 3.63) is 55.0 Å². The zero-order valence-corrected chi connectivity index (χ0v) is 26.6. The van der Waals surface area contributed by atoms with Crippen molar-refractivity contribution < 1.29 is 27.5 Å². The summed E-state index contributed by atoms with van der Waals surface area (Å²) in [5.41, 5.74) is -0.371. The Balaban J connectivity index is 1.71. The highest BCUT2D eigenvalue weighted by Gasteiger charge is 2.32. The molecule has 15 heteroatoms. The molecule has 0 radical (unpaired) electrons. The Morgan fingerprint density at radius 3 is 2.33 bits per heavy atom. The molecule has 232 valence electrons. The van der Waals surface area contributed by atoms with Gasteiger partial charge in [0.15, 0.2) is 11.2 Å². The number of alkyl halides is 3. The van der Waals surface area contributed by atoms with E-state index >= 15 is 0 Å². The summed E-state index contributed by atoms with van der Waals surface area (Å²) in [6, 6.07) is 2.66. The third-order valence-corrected chi connectivity index (χ3v) is 7.80. The number of hydrogen-bond donors (Lipinski definition) is 1. The number of rotatable bonds is 5. The predicted octanol–water partition coefficient (Wildman–Crippen LogP) is 5.79. The number of anilines is 2. The van der Waals surface area contributed by atoms with Crippen LogP contribution in [0.15, 0.2) is 27.6 Å². The molecular formula is C28H31BrClF3N6O4. The molecule has 1 aliphatic heterocycles. The topological polar surface area (TPSA) is 110 Å². The highest BCUT2D eigenvalue weighted by Crippen LogP contribution is 2.34. The number of benzene rings is 1. The molecule has 43 heavy (non-hydrogen) atoms. The van der Waals surface area contributed by atoms with Crippen LogP contribution in [-0.4, -0.2) is 63.2 Å². The normalized spacial score (nSPS) is 14.3. The summed E-state index contributed by atoms with van der Waals surface area (Å²) >= 11 is 9.39. The molecule has 0 saturated carbocycles. The molecule has 1 N–H and O–H groups in total. The number of aryl methyl sites for hydroxylation is 1. The third kappa shape index (κ3) is 7.23. The van der Waals surface area contributed by atoms with E-state index in [1.54, 1.807) is 37.2 Å². The molecule has 0 spiro atoms. The molecule has 2 amide bonds. The lowest BCUT2D eigenvalue weighted by Gasteiger charge is -2.37. The lowest BCUT2D eigenvalue weighted by molar-refractivity contribution is -0.137. The van der Waals surface area contributed by atoms with Gasteiger partial charge in [0.25, 0.3) is 0 Å². The maximum Gasteiger partial charge on any atom is 0.416 e. The number of nitrogens with zero attached hydrogens (tertiary/aromatic N) is 5. The highest BCUT2D eigenvalue weighted by molar-refractivity contribution is 9.10. The Morgan fingerprint density at radius 2 is 1.77 bits per heavy atom. The van der Waals surface area contributed by atoms with Crippen LogP contribution in [0.25, 0.3) is 11.2 Å². The maximum atomic E-state index is 13.9. The van der Waals surface area contributed by atoms with E-state index < -0.39 is 29.3 Å². The molecule has 1 aliphatic rings. The minimum absolute atomic E-state index is 0.00608. The molecule has 3 heterocycles. The molecular weight excluding hydrogens is 657 g/mol. The van der Waals surface area contributed by atoms with Gasteiger partial charge in [0, 0.05) is 31.9 Å². The van der Waals surface area contributed by atoms with Gasteiger partial charge in [-0.25, -0.2) is 14.8 Å². The van der Waals surface area contributed by atoms with Crippen LogP contribution in [0.4, 0.5) is 29.3 Å². The average Bonchev–Trinajstić information content (AvgIpc) is 2.91. The second-order valence-corrected chi connectivity index (χ2v) is 12.2. The first-order valence-corrected chi connectivity index (χ1v) is 14.7. The number of nitrogens with one attached hydrogen (secondary N) is 1. The summed E-state index contributed by atoms with van der Waals surface area (Å²) in [5.74, 6) is -0.593. The first-order valence-electron chi connectivity index (χ1n) is 13.5. The molecule has 10 nitrogen and oxygen atoms in total. The summed E-state index contributed by atoms with van der Waals surface area (Å²) in [7, 11) is 0. The van der Waals surface area contributed by atoms with Crippen molar-refractivity contribution in [2.45, 2.75) is 59.4 Å². The van der Waals surface area contributed by atoms with E-state index in [0.717, 1.165) is 18.2 Å². The number of carbonyl (C=O) groups is 2. The zero-order valence-electron chi connectivity index (χ0n) is 24.2. The first kappa shape index (κ1) is 32.5. The summed E-state index contributed by atoms with van der Waals surface area (Å²) in [5, 5.41) is 2.29. The average molecular weight is 688 g/mol. The number of pyridine rings is 1. The molecule has 3 aromatic rings. The number of amides is 2. The fourth-order valence-electron chi connectivity index (χ4n) is 4.75. The van der Waals surface area contributed by atoms with E-state index in [-0.39, 0.29) is 33.8 Å². The monoisotopic (exact) mass is 686 g/mol. The molecule has 0 bridgehead atoms. The van der Waals surface area contributed by atoms with E-state index in [0.29, 0.717) is 54.3 Å². The second-order valence-electron chi connectivity index (χ2n) is 11.0. The van der Waals surface area contributed by atoms with E-state index in [4.69, 9.17) is 16.3 Å². The number of aromatic nitrogens is 3. The zero-order chi connectivity index (χ0) is 31.9. The van der Waals surface area contributed by atoms with Crippen LogP contribution in [0.1, 0.15) is 44.6 Å². The van der Waals surface area contributed by atoms with Crippen LogP contribution in [0.2, 0.25) is 5.02 Å². The Kier molecular flexibility index (Phi) is 9.31. The van der Waals surface area contributed by atoms with Gasteiger partial charge >= 0.3 is 12.3 Å². The Bertz CT molecular complexity index is 1630. The maximum absolute atomic E-state index is 13.9. The standard InChI is InChI=1S/C28H31BrClF3N6O4/c1-6-19-22(37-9-11-38(12-10-37)26(42)43-27(3,4)5)23(41)21-25(34-15(2)24(29)36-21)39(19)14-20(40)35-18-8-7-16(13-17(18)30)28(31,32)33/h7-8,13H,6,9-12,14H2,1-5H3,(H,35,40). The molecule has 0 atom stereocenters. The molecule has 1 saturated heterocycles. The molecule has 4 rings (SSSR count). The summed E-state index contributed by atoms with van der Waals surface area (Å²) in [6.07, 6.45) is -4.68. The largest absolute Gasteiger partial charge is 0.444 e. The van der Waals surface area contributed by atoms with Crippen LogP contribution < -0.4 is 15.6 Å². The Morgan fingerprint density at radius 1 is 1.12 bits per heavy atom. The van der Waals surface area contributed by atoms with Crippen LogP contribution in [0.3, 0.4) is 0 Å². The lowest BCUT2D eigenvalue weighted by atomic mass is 10.1. The van der Waals surface area contributed by atoms with E-state index in [1.807, 2.05) is 11.8 Å². The molecule has 1 fully saturated rings. The van der Waals surface area contributed by atoms with Crippen molar-refractivity contribution in [1.29, 1.82) is 0 Å². The highest BCUT2D eigenvalue weighted by atomic mass is 79.9. The number of ether oxygens (including phenoxy) is 1. The molecule has 2 aromatic heterocycles. The van der Waals surface area contributed by atoms with Crippen LogP contribution in [-0.2, 0) is 28.7 Å². The van der Waals surface area contributed by atoms with Gasteiger partial charge in [0.05, 0.1) is 22.0 Å². The third-order valence-electron chi connectivity index (χ3n) is 6.73. The first-order chi connectivity index (χ1) is 20.0. The van der Waals surface area contributed by atoms with Crippen LogP contribution in [0, 0.1) is 6.92 Å². The molecule has 1 aromatic carbocycles. The second kappa shape index (κ2) is 12.3. The Hall–Kier alpha value is -3.39. The van der Waals surface area contributed by atoms with Crippen LogP contribution >= 0.6 is 27.5 Å². The van der Waals surface area contributed by atoms with Gasteiger partial charge in [0.2, 0.25) is 11.3 Å².